The van der Waals surface area contributed by atoms with Gasteiger partial charge in [0.2, 0.25) is 0 Å². The maximum absolute atomic E-state index is 2.42. The van der Waals surface area contributed by atoms with Crippen LogP contribution in [0.5, 0.6) is 0 Å². The number of fused-ring (bicyclic) bond motifs is 5. The summed E-state index contributed by atoms with van der Waals surface area (Å²) in [6.45, 7) is 0. The van der Waals surface area contributed by atoms with Gasteiger partial charge in [-0.05, 0) is 92.8 Å². The molecule has 0 radical (unpaired) electrons. The van der Waals surface area contributed by atoms with E-state index in [4.69, 9.17) is 0 Å². The first-order chi connectivity index (χ1) is 18.7. The van der Waals surface area contributed by atoms with Crippen LogP contribution < -0.4 is 0 Å². The molecule has 180 valence electrons. The number of rotatable bonds is 3. The van der Waals surface area contributed by atoms with Gasteiger partial charge in [-0.25, -0.2) is 0 Å². The van der Waals surface area contributed by atoms with Crippen molar-refractivity contribution in [2.24, 2.45) is 7.05 Å². The highest BCUT2D eigenvalue weighted by molar-refractivity contribution is 7.98. The summed E-state index contributed by atoms with van der Waals surface area (Å²) in [5.74, 6) is 0. The average molecular weight is 505 g/mol. The van der Waals surface area contributed by atoms with Crippen LogP contribution in [-0.2, 0) is 7.05 Å². The fourth-order valence-electron chi connectivity index (χ4n) is 5.75. The van der Waals surface area contributed by atoms with Crippen molar-refractivity contribution in [1.82, 2.24) is 8.54 Å². The van der Waals surface area contributed by atoms with Crippen LogP contribution in [-0.4, -0.2) is 8.54 Å². The lowest BCUT2D eigenvalue weighted by molar-refractivity contribution is 0.971. The molecule has 2 nitrogen and oxygen atoms in total. The standard InChI is InChI=1S/C35H24N2S/c1-36-32-19-27-12-6-4-9-24(27)16-29(32)21-34(36)35-22-30-17-25-10-5-7-13-28(25)20-33(30)37(35)38-31-15-14-23-8-2-3-11-26(23)18-31/h2-22H,1H3. The van der Waals surface area contributed by atoms with Gasteiger partial charge in [0.15, 0.2) is 0 Å². The summed E-state index contributed by atoms with van der Waals surface area (Å²) in [4.78, 5) is 1.22. The summed E-state index contributed by atoms with van der Waals surface area (Å²) in [6.07, 6.45) is 0. The monoisotopic (exact) mass is 504 g/mol. The third-order valence-corrected chi connectivity index (χ3v) is 8.76. The molecule has 0 fully saturated rings. The average Bonchev–Trinajstić information content (AvgIpc) is 3.46. The molecule has 8 rings (SSSR count). The summed E-state index contributed by atoms with van der Waals surface area (Å²) in [5.41, 5.74) is 4.89. The minimum Gasteiger partial charge on any atom is -0.342 e. The van der Waals surface area contributed by atoms with E-state index in [-0.39, 0.29) is 0 Å². The molecule has 2 aromatic heterocycles. The predicted molar refractivity (Wildman–Crippen MR) is 164 cm³/mol. The second kappa shape index (κ2) is 8.27. The van der Waals surface area contributed by atoms with E-state index in [9.17, 15) is 0 Å². The first kappa shape index (κ1) is 21.6. The summed E-state index contributed by atoms with van der Waals surface area (Å²) < 4.78 is 4.76. The molecule has 0 spiro atoms. The fraction of sp³-hybridized carbons (Fsp3) is 0.0286. The molecule has 0 atom stereocenters. The van der Waals surface area contributed by atoms with Crippen molar-refractivity contribution >= 4 is 66.1 Å². The summed E-state index contributed by atoms with van der Waals surface area (Å²) in [5, 5.41) is 10.1. The third-order valence-electron chi connectivity index (χ3n) is 7.71. The lowest BCUT2D eigenvalue weighted by atomic mass is 10.1. The molecular weight excluding hydrogens is 480 g/mol. The number of benzene rings is 6. The molecule has 38 heavy (non-hydrogen) atoms. The van der Waals surface area contributed by atoms with Crippen LogP contribution in [0.1, 0.15) is 0 Å². The fourth-order valence-corrected chi connectivity index (χ4v) is 6.77. The van der Waals surface area contributed by atoms with Crippen molar-refractivity contribution in [3.63, 3.8) is 0 Å². The van der Waals surface area contributed by atoms with Crippen LogP contribution in [0.4, 0.5) is 0 Å². The molecule has 0 aliphatic carbocycles. The van der Waals surface area contributed by atoms with E-state index in [2.05, 4.69) is 143 Å². The molecule has 0 bridgehead atoms. The van der Waals surface area contributed by atoms with Gasteiger partial charge in [0.05, 0.1) is 16.9 Å². The van der Waals surface area contributed by atoms with Crippen LogP contribution in [0.2, 0.25) is 0 Å². The first-order valence-corrected chi connectivity index (χ1v) is 13.7. The number of nitrogens with zero attached hydrogens (tertiary/aromatic N) is 2. The molecule has 0 saturated heterocycles. The minimum absolute atomic E-state index is 1.20. The Labute approximate surface area is 224 Å². The molecule has 6 aromatic carbocycles. The number of aromatic nitrogens is 2. The highest BCUT2D eigenvalue weighted by atomic mass is 32.2. The van der Waals surface area contributed by atoms with Gasteiger partial charge in [-0.3, -0.25) is 3.97 Å². The highest BCUT2D eigenvalue weighted by Gasteiger charge is 2.18. The van der Waals surface area contributed by atoms with E-state index in [1.54, 1.807) is 11.9 Å². The van der Waals surface area contributed by atoms with Crippen molar-refractivity contribution in [2.75, 3.05) is 0 Å². The van der Waals surface area contributed by atoms with Crippen molar-refractivity contribution in [3.05, 3.63) is 127 Å². The van der Waals surface area contributed by atoms with Gasteiger partial charge >= 0.3 is 0 Å². The number of hydrogen-bond donors (Lipinski definition) is 0. The molecular formula is C35H24N2S. The van der Waals surface area contributed by atoms with Gasteiger partial charge in [-0.1, -0.05) is 78.9 Å². The molecule has 0 saturated carbocycles. The molecule has 2 heterocycles. The van der Waals surface area contributed by atoms with Crippen molar-refractivity contribution < 1.29 is 0 Å². The van der Waals surface area contributed by atoms with Gasteiger partial charge in [0, 0.05) is 28.2 Å². The van der Waals surface area contributed by atoms with Crippen LogP contribution in [0, 0.1) is 0 Å². The lowest BCUT2D eigenvalue weighted by Gasteiger charge is -2.12. The first-order valence-electron chi connectivity index (χ1n) is 12.9. The minimum atomic E-state index is 1.20. The van der Waals surface area contributed by atoms with Gasteiger partial charge in [-0.15, -0.1) is 0 Å². The summed E-state index contributed by atoms with van der Waals surface area (Å²) >= 11 is 1.79. The lowest BCUT2D eigenvalue weighted by Crippen LogP contribution is -1.96. The molecule has 0 aliphatic heterocycles. The van der Waals surface area contributed by atoms with E-state index >= 15 is 0 Å². The van der Waals surface area contributed by atoms with E-state index in [0.29, 0.717) is 0 Å². The van der Waals surface area contributed by atoms with E-state index in [1.165, 1.54) is 70.4 Å². The van der Waals surface area contributed by atoms with Crippen molar-refractivity contribution in [1.29, 1.82) is 0 Å². The van der Waals surface area contributed by atoms with Crippen LogP contribution in [0.3, 0.4) is 0 Å². The zero-order valence-electron chi connectivity index (χ0n) is 20.9. The molecule has 0 amide bonds. The molecule has 3 heteroatoms. The zero-order chi connectivity index (χ0) is 25.2. The van der Waals surface area contributed by atoms with Crippen LogP contribution in [0.25, 0.3) is 65.5 Å². The number of aryl methyl sites for hydroxylation is 1. The Morgan fingerprint density at radius 2 is 0.921 bits per heavy atom. The molecule has 0 N–H and O–H groups in total. The Kier molecular flexibility index (Phi) is 4.70. The molecule has 0 unspecified atom stereocenters. The van der Waals surface area contributed by atoms with Gasteiger partial charge in [0.25, 0.3) is 0 Å². The Morgan fingerprint density at radius 1 is 0.421 bits per heavy atom. The summed E-state index contributed by atoms with van der Waals surface area (Å²) in [7, 11) is 2.19. The largest absolute Gasteiger partial charge is 0.342 e. The Morgan fingerprint density at radius 3 is 1.58 bits per heavy atom. The topological polar surface area (TPSA) is 9.86 Å². The maximum atomic E-state index is 2.42. The van der Waals surface area contributed by atoms with Crippen LogP contribution >= 0.6 is 11.9 Å². The van der Waals surface area contributed by atoms with Gasteiger partial charge in [0.1, 0.15) is 0 Å². The Balaban J connectivity index is 1.38. The smallest absolute Gasteiger partial charge is 0.0772 e. The van der Waals surface area contributed by atoms with Crippen molar-refractivity contribution in [2.45, 2.75) is 4.90 Å². The van der Waals surface area contributed by atoms with Gasteiger partial charge in [-0.2, -0.15) is 0 Å². The maximum Gasteiger partial charge on any atom is 0.0772 e. The Hall–Kier alpha value is -4.47. The second-order valence-electron chi connectivity index (χ2n) is 10.0. The van der Waals surface area contributed by atoms with E-state index < -0.39 is 0 Å². The summed E-state index contributed by atoms with van der Waals surface area (Å²) in [6, 6.07) is 46.5. The Bertz CT molecular complexity index is 2180. The molecule has 0 aliphatic rings. The van der Waals surface area contributed by atoms with Crippen LogP contribution in [0.15, 0.2) is 132 Å². The third kappa shape index (κ3) is 3.36. The molecule has 8 aromatic rings. The SMILES string of the molecule is Cn1c(-c2cc3cc4ccccc4cc3n2Sc2ccc3ccccc3c2)cc2cc3ccccc3cc21. The highest BCUT2D eigenvalue weighted by Crippen LogP contribution is 2.39. The van der Waals surface area contributed by atoms with Gasteiger partial charge < -0.3 is 4.57 Å². The predicted octanol–water partition coefficient (Wildman–Crippen LogP) is 9.81. The number of hydrogen-bond acceptors (Lipinski definition) is 1. The normalized spacial score (nSPS) is 11.9. The van der Waals surface area contributed by atoms with Crippen molar-refractivity contribution in [3.8, 4) is 11.4 Å². The van der Waals surface area contributed by atoms with E-state index in [1.807, 2.05) is 0 Å². The zero-order valence-corrected chi connectivity index (χ0v) is 21.7. The second-order valence-corrected chi connectivity index (χ2v) is 11.0. The van der Waals surface area contributed by atoms with E-state index in [0.717, 1.165) is 0 Å². The quantitative estimate of drug-likeness (QED) is 0.233.